The number of imidazole rings is 1. The number of hydrogen-bond acceptors (Lipinski definition) is 4. The van der Waals surface area contributed by atoms with Crippen molar-refractivity contribution in [1.82, 2.24) is 24.1 Å². The van der Waals surface area contributed by atoms with Crippen molar-refractivity contribution < 1.29 is 0 Å². The van der Waals surface area contributed by atoms with E-state index in [9.17, 15) is 0 Å². The van der Waals surface area contributed by atoms with Gasteiger partial charge in [-0.15, -0.1) is 5.10 Å². The third-order valence-electron chi connectivity index (χ3n) is 3.38. The normalized spacial score (nSPS) is 11.4. The number of para-hydroxylation sites is 2. The quantitative estimate of drug-likeness (QED) is 0.570. The molecule has 0 fully saturated rings. The predicted octanol–water partition coefficient (Wildman–Crippen LogP) is 1.96. The molecular weight excluding hydrogens is 252 g/mol. The van der Waals surface area contributed by atoms with Crippen molar-refractivity contribution in [3.8, 4) is 5.69 Å². The minimum absolute atomic E-state index is 0.275. The van der Waals surface area contributed by atoms with Crippen LogP contribution in [0.15, 0.2) is 42.9 Å². The molecule has 0 spiro atoms. The molecule has 0 radical (unpaired) electrons. The molecule has 0 aliphatic heterocycles. The summed E-state index contributed by atoms with van der Waals surface area (Å²) in [5, 5.41) is 4.15. The summed E-state index contributed by atoms with van der Waals surface area (Å²) in [5.74, 6) is 0.275. The summed E-state index contributed by atoms with van der Waals surface area (Å²) < 4.78 is 3.73. The van der Waals surface area contributed by atoms with Gasteiger partial charge >= 0.3 is 0 Å². The van der Waals surface area contributed by atoms with Gasteiger partial charge in [0.1, 0.15) is 6.33 Å². The average molecular weight is 264 g/mol. The SMILES string of the molecule is Cc1cc2nc(N)nn2cc1-n1cnc2ccccc21. The van der Waals surface area contributed by atoms with Crippen LogP contribution in [-0.2, 0) is 0 Å². The fraction of sp³-hybridized carbons (Fsp3) is 0.0714. The van der Waals surface area contributed by atoms with Gasteiger partial charge in [-0.2, -0.15) is 4.98 Å². The van der Waals surface area contributed by atoms with Crippen LogP contribution in [0.5, 0.6) is 0 Å². The maximum atomic E-state index is 5.64. The highest BCUT2D eigenvalue weighted by atomic mass is 15.3. The molecule has 0 amide bonds. The Morgan fingerprint density at radius 2 is 2.05 bits per heavy atom. The summed E-state index contributed by atoms with van der Waals surface area (Å²) in [6.45, 7) is 2.04. The molecule has 20 heavy (non-hydrogen) atoms. The largest absolute Gasteiger partial charge is 0.366 e. The summed E-state index contributed by atoms with van der Waals surface area (Å²) in [6.07, 6.45) is 3.74. The van der Waals surface area contributed by atoms with Crippen molar-refractivity contribution in [2.45, 2.75) is 6.92 Å². The summed E-state index contributed by atoms with van der Waals surface area (Å²) in [7, 11) is 0. The number of rotatable bonds is 1. The van der Waals surface area contributed by atoms with Gasteiger partial charge in [0.2, 0.25) is 5.95 Å². The number of aromatic nitrogens is 5. The lowest BCUT2D eigenvalue weighted by atomic mass is 10.2. The molecular formula is C14H12N6. The third-order valence-corrected chi connectivity index (χ3v) is 3.38. The monoisotopic (exact) mass is 264 g/mol. The molecule has 3 heterocycles. The zero-order chi connectivity index (χ0) is 13.7. The van der Waals surface area contributed by atoms with Gasteiger partial charge in [0, 0.05) is 0 Å². The van der Waals surface area contributed by atoms with Crippen molar-refractivity contribution in [2.75, 3.05) is 5.73 Å². The van der Waals surface area contributed by atoms with Gasteiger partial charge in [-0.25, -0.2) is 9.50 Å². The van der Waals surface area contributed by atoms with Crippen LogP contribution in [0.2, 0.25) is 0 Å². The summed E-state index contributed by atoms with van der Waals surface area (Å²) in [6, 6.07) is 9.98. The van der Waals surface area contributed by atoms with E-state index in [0.717, 1.165) is 27.9 Å². The molecule has 0 atom stereocenters. The van der Waals surface area contributed by atoms with Crippen LogP contribution in [0.4, 0.5) is 5.95 Å². The van der Waals surface area contributed by atoms with E-state index >= 15 is 0 Å². The number of pyridine rings is 1. The van der Waals surface area contributed by atoms with Crippen LogP contribution in [-0.4, -0.2) is 24.1 Å². The van der Waals surface area contributed by atoms with Gasteiger partial charge in [-0.3, -0.25) is 4.57 Å². The smallest absolute Gasteiger partial charge is 0.240 e. The molecule has 6 heteroatoms. The third kappa shape index (κ3) is 1.48. The second-order valence-electron chi connectivity index (χ2n) is 4.72. The number of anilines is 1. The van der Waals surface area contributed by atoms with Crippen LogP contribution < -0.4 is 5.73 Å². The Morgan fingerprint density at radius 3 is 2.95 bits per heavy atom. The Kier molecular flexibility index (Phi) is 2.09. The Bertz CT molecular complexity index is 933. The van der Waals surface area contributed by atoms with Gasteiger partial charge in [-0.1, -0.05) is 12.1 Å². The highest BCUT2D eigenvalue weighted by Gasteiger charge is 2.09. The van der Waals surface area contributed by atoms with Gasteiger partial charge in [0.25, 0.3) is 0 Å². The summed E-state index contributed by atoms with van der Waals surface area (Å²) in [5.41, 5.74) is 10.5. The number of nitrogen functional groups attached to an aromatic ring is 1. The second-order valence-corrected chi connectivity index (χ2v) is 4.72. The molecule has 4 rings (SSSR count). The molecule has 2 N–H and O–H groups in total. The maximum Gasteiger partial charge on any atom is 0.240 e. The van der Waals surface area contributed by atoms with E-state index in [4.69, 9.17) is 5.73 Å². The van der Waals surface area contributed by atoms with Crippen LogP contribution in [0.1, 0.15) is 5.56 Å². The molecule has 98 valence electrons. The molecule has 0 unspecified atom stereocenters. The van der Waals surface area contributed by atoms with Crippen molar-refractivity contribution in [1.29, 1.82) is 0 Å². The molecule has 0 saturated carbocycles. The number of nitrogens with two attached hydrogens (primary N) is 1. The van der Waals surface area contributed by atoms with Gasteiger partial charge in [0.05, 0.1) is 22.9 Å². The van der Waals surface area contributed by atoms with E-state index in [0.29, 0.717) is 0 Å². The van der Waals surface area contributed by atoms with Gasteiger partial charge < -0.3 is 5.73 Å². The highest BCUT2D eigenvalue weighted by Crippen LogP contribution is 2.21. The summed E-state index contributed by atoms with van der Waals surface area (Å²) in [4.78, 5) is 8.58. The number of nitrogens with zero attached hydrogens (tertiary/aromatic N) is 5. The van der Waals surface area contributed by atoms with Gasteiger partial charge in [0.15, 0.2) is 5.65 Å². The van der Waals surface area contributed by atoms with Crippen LogP contribution >= 0.6 is 0 Å². The Morgan fingerprint density at radius 1 is 1.20 bits per heavy atom. The minimum Gasteiger partial charge on any atom is -0.366 e. The highest BCUT2D eigenvalue weighted by molar-refractivity contribution is 5.77. The van der Waals surface area contributed by atoms with Crippen molar-refractivity contribution in [2.24, 2.45) is 0 Å². The van der Waals surface area contributed by atoms with E-state index in [2.05, 4.69) is 15.1 Å². The van der Waals surface area contributed by atoms with E-state index < -0.39 is 0 Å². The molecule has 0 saturated heterocycles. The first-order valence-corrected chi connectivity index (χ1v) is 6.27. The lowest BCUT2D eigenvalue weighted by molar-refractivity contribution is 0.936. The Balaban J connectivity index is 2.03. The summed E-state index contributed by atoms with van der Waals surface area (Å²) >= 11 is 0. The number of benzene rings is 1. The Labute approximate surface area is 114 Å². The first kappa shape index (κ1) is 11.0. The standard InChI is InChI=1S/C14H12N6/c1-9-6-13-17-14(15)18-20(13)7-12(9)19-8-16-10-4-2-3-5-11(10)19/h2-8H,1H3,(H2,15,18). The fourth-order valence-corrected chi connectivity index (χ4v) is 2.43. The van der Waals surface area contributed by atoms with Gasteiger partial charge in [-0.05, 0) is 30.7 Å². The zero-order valence-corrected chi connectivity index (χ0v) is 10.9. The molecule has 4 aromatic rings. The molecule has 0 bridgehead atoms. The van der Waals surface area contributed by atoms with Crippen molar-refractivity contribution in [3.63, 3.8) is 0 Å². The lowest BCUT2D eigenvalue weighted by Crippen LogP contribution is -1.99. The van der Waals surface area contributed by atoms with Crippen LogP contribution in [0.25, 0.3) is 22.4 Å². The average Bonchev–Trinajstić information content (AvgIpc) is 3.00. The molecule has 6 nitrogen and oxygen atoms in total. The van der Waals surface area contributed by atoms with E-state index in [1.165, 1.54) is 0 Å². The van der Waals surface area contributed by atoms with Crippen molar-refractivity contribution >= 4 is 22.6 Å². The maximum absolute atomic E-state index is 5.64. The second kappa shape index (κ2) is 3.80. The number of fused-ring (bicyclic) bond motifs is 2. The first-order chi connectivity index (χ1) is 9.72. The van der Waals surface area contributed by atoms with E-state index in [-0.39, 0.29) is 5.95 Å². The molecule has 0 aliphatic carbocycles. The first-order valence-electron chi connectivity index (χ1n) is 6.27. The number of hydrogen-bond donors (Lipinski definition) is 1. The predicted molar refractivity (Wildman–Crippen MR) is 76.8 cm³/mol. The van der Waals surface area contributed by atoms with Crippen LogP contribution in [0, 0.1) is 6.92 Å². The minimum atomic E-state index is 0.275. The molecule has 0 aliphatic rings. The topological polar surface area (TPSA) is 74.0 Å². The Hall–Kier alpha value is -2.89. The van der Waals surface area contributed by atoms with Crippen LogP contribution in [0.3, 0.4) is 0 Å². The number of aryl methyl sites for hydroxylation is 1. The molecule has 1 aromatic carbocycles. The van der Waals surface area contributed by atoms with E-state index in [1.807, 2.05) is 54.3 Å². The fourth-order valence-electron chi connectivity index (χ4n) is 2.43. The lowest BCUT2D eigenvalue weighted by Gasteiger charge is -2.08. The zero-order valence-electron chi connectivity index (χ0n) is 10.9. The van der Waals surface area contributed by atoms with Crippen molar-refractivity contribution in [3.05, 3.63) is 48.4 Å². The molecule has 3 aromatic heterocycles. The van der Waals surface area contributed by atoms with E-state index in [1.54, 1.807) is 4.52 Å².